The van der Waals surface area contributed by atoms with Gasteiger partial charge >= 0.3 is 0 Å². The predicted octanol–water partition coefficient (Wildman–Crippen LogP) is 5.62. The van der Waals surface area contributed by atoms with Gasteiger partial charge in [-0.2, -0.15) is 0 Å². The molecule has 5 atom stereocenters. The zero-order chi connectivity index (χ0) is 25.3. The number of anilines is 1. The predicted molar refractivity (Wildman–Crippen MR) is 131 cm³/mol. The summed E-state index contributed by atoms with van der Waals surface area (Å²) in [5.41, 5.74) is 4.65. The Balaban J connectivity index is 1.59. The van der Waals surface area contributed by atoms with Gasteiger partial charge in [-0.1, -0.05) is 42.4 Å². The van der Waals surface area contributed by atoms with E-state index in [1.54, 1.807) is 26.0 Å². The fraction of sp³-hybridized carbons (Fsp3) is 0.464. The van der Waals surface area contributed by atoms with E-state index < -0.39 is 0 Å². The average molecular weight is 480 g/mol. The molecule has 186 valence electrons. The van der Waals surface area contributed by atoms with Crippen LogP contribution in [0.15, 0.2) is 56.8 Å². The van der Waals surface area contributed by atoms with Crippen molar-refractivity contribution in [3.63, 3.8) is 0 Å². The summed E-state index contributed by atoms with van der Waals surface area (Å²) in [6, 6.07) is 7.35. The Hall–Kier alpha value is -2.87. The van der Waals surface area contributed by atoms with Gasteiger partial charge in [-0.05, 0) is 57.7 Å². The van der Waals surface area contributed by atoms with E-state index in [-0.39, 0.29) is 45.4 Å². The third kappa shape index (κ3) is 3.33. The van der Waals surface area contributed by atoms with Crippen LogP contribution in [0.4, 0.5) is 5.69 Å². The molecule has 1 spiro atoms. The van der Waals surface area contributed by atoms with Crippen LogP contribution < -0.4 is 15.4 Å². The molecule has 7 nitrogen and oxygen atoms in total. The van der Waals surface area contributed by atoms with Gasteiger partial charge in [0, 0.05) is 22.3 Å². The van der Waals surface area contributed by atoms with Crippen LogP contribution >= 0.6 is 0 Å². The van der Waals surface area contributed by atoms with Gasteiger partial charge in [0.15, 0.2) is 5.43 Å². The van der Waals surface area contributed by atoms with Crippen molar-refractivity contribution in [3.8, 4) is 5.95 Å². The molecule has 3 aliphatic rings. The standard InChI is InChI=1S/C28H33NO6/c1-15-11-16(2)24-27(5,12-15)25(19-7-9-20(10-8-19)29(31)32)28(24)13-21(34-14-28)23-17(3)22(30)18(4)26(33-6)35-23/h7-12,21,24-25,31-32H,13-14H2,1-6H3/t21-,24-,25+,27+,28-/m0/s1. The Morgan fingerprint density at radius 1 is 1.06 bits per heavy atom. The third-order valence-electron chi connectivity index (χ3n) is 8.46. The molecule has 0 unspecified atom stereocenters. The van der Waals surface area contributed by atoms with Gasteiger partial charge in [-0.15, -0.1) is 5.23 Å². The topological polar surface area (TPSA) is 92.4 Å². The molecule has 7 heteroatoms. The second-order valence-electron chi connectivity index (χ2n) is 10.7. The summed E-state index contributed by atoms with van der Waals surface area (Å²) in [5.74, 6) is 1.19. The fourth-order valence-electron chi connectivity index (χ4n) is 7.58. The number of fused-ring (bicyclic) bond motifs is 2. The van der Waals surface area contributed by atoms with E-state index in [9.17, 15) is 15.2 Å². The van der Waals surface area contributed by atoms with Gasteiger partial charge in [0.05, 0.1) is 25.0 Å². The highest BCUT2D eigenvalue weighted by Crippen LogP contribution is 2.76. The van der Waals surface area contributed by atoms with Crippen LogP contribution in [0.5, 0.6) is 5.95 Å². The van der Waals surface area contributed by atoms with Crippen molar-refractivity contribution in [2.45, 2.75) is 53.1 Å². The Morgan fingerprint density at radius 2 is 1.74 bits per heavy atom. The van der Waals surface area contributed by atoms with Crippen LogP contribution in [0.1, 0.15) is 61.7 Å². The molecule has 0 radical (unpaired) electrons. The number of hydrogen-bond donors (Lipinski definition) is 2. The zero-order valence-electron chi connectivity index (χ0n) is 21.1. The molecule has 1 aromatic heterocycles. The highest BCUT2D eigenvalue weighted by molar-refractivity contribution is 5.50. The lowest BCUT2D eigenvalue weighted by Gasteiger charge is -2.67. The van der Waals surface area contributed by atoms with Crippen molar-refractivity contribution >= 4 is 5.69 Å². The van der Waals surface area contributed by atoms with Crippen molar-refractivity contribution < 1.29 is 24.3 Å². The van der Waals surface area contributed by atoms with Crippen LogP contribution in [0, 0.1) is 30.6 Å². The van der Waals surface area contributed by atoms with Gasteiger partial charge in [-0.3, -0.25) is 15.2 Å². The van der Waals surface area contributed by atoms with Crippen LogP contribution in [0.25, 0.3) is 0 Å². The second kappa shape index (κ2) is 8.08. The summed E-state index contributed by atoms with van der Waals surface area (Å²) in [4.78, 5) is 12.9. The molecule has 0 bridgehead atoms. The van der Waals surface area contributed by atoms with E-state index in [1.165, 1.54) is 18.3 Å². The van der Waals surface area contributed by atoms with Crippen molar-refractivity contribution in [2.24, 2.45) is 16.7 Å². The van der Waals surface area contributed by atoms with E-state index in [0.29, 0.717) is 35.6 Å². The molecule has 35 heavy (non-hydrogen) atoms. The van der Waals surface area contributed by atoms with Gasteiger partial charge < -0.3 is 13.9 Å². The molecule has 2 heterocycles. The largest absolute Gasteiger partial charge is 0.468 e. The lowest BCUT2D eigenvalue weighted by atomic mass is 9.35. The quantitative estimate of drug-likeness (QED) is 0.550. The van der Waals surface area contributed by atoms with Crippen LogP contribution in [-0.2, 0) is 4.74 Å². The number of methoxy groups -OCH3 is 1. The van der Waals surface area contributed by atoms with E-state index in [1.807, 2.05) is 12.1 Å². The van der Waals surface area contributed by atoms with Crippen molar-refractivity contribution in [2.75, 3.05) is 18.9 Å². The SMILES string of the molecule is COc1oc([C@@H]2C[C@@]3(CO2)[C@H](c2ccc(N(O)O)cc2)[C@]2(C)C=C(C)C=C(C)[C@@H]23)c(C)c(=O)c1C. The summed E-state index contributed by atoms with van der Waals surface area (Å²) in [5, 5.41) is 19.0. The molecule has 2 N–H and O–H groups in total. The Labute approximate surface area is 205 Å². The first-order chi connectivity index (χ1) is 16.5. The molecule has 1 aromatic carbocycles. The van der Waals surface area contributed by atoms with Crippen LogP contribution in [-0.4, -0.2) is 24.1 Å². The third-order valence-corrected chi connectivity index (χ3v) is 8.46. The van der Waals surface area contributed by atoms with E-state index in [2.05, 4.69) is 32.9 Å². The molecule has 1 saturated heterocycles. The summed E-state index contributed by atoms with van der Waals surface area (Å²) in [7, 11) is 1.50. The molecular weight excluding hydrogens is 446 g/mol. The van der Waals surface area contributed by atoms with Crippen LogP contribution in [0.3, 0.4) is 0 Å². The minimum Gasteiger partial charge on any atom is -0.468 e. The van der Waals surface area contributed by atoms with Gasteiger partial charge in [0.2, 0.25) is 0 Å². The Bertz CT molecular complexity index is 1290. The number of benzene rings is 1. The van der Waals surface area contributed by atoms with Crippen LogP contribution in [0.2, 0.25) is 0 Å². The maximum Gasteiger partial charge on any atom is 0.291 e. The first-order valence-electron chi connectivity index (χ1n) is 12.0. The van der Waals surface area contributed by atoms with Gasteiger partial charge in [0.25, 0.3) is 5.95 Å². The number of rotatable bonds is 4. The molecule has 1 saturated carbocycles. The normalized spacial score (nSPS) is 31.5. The molecule has 1 aliphatic heterocycles. The highest BCUT2D eigenvalue weighted by Gasteiger charge is 2.71. The average Bonchev–Trinajstić information content (AvgIpc) is 3.23. The molecule has 2 aromatic rings. The first kappa shape index (κ1) is 23.9. The molecule has 2 aliphatic carbocycles. The van der Waals surface area contributed by atoms with E-state index in [0.717, 1.165) is 5.56 Å². The molecular formula is C28H33NO6. The number of nitrogens with zero attached hydrogens (tertiary/aromatic N) is 1. The molecule has 0 amide bonds. The first-order valence-corrected chi connectivity index (χ1v) is 12.0. The smallest absolute Gasteiger partial charge is 0.291 e. The van der Waals surface area contributed by atoms with Crippen molar-refractivity contribution in [1.82, 2.24) is 0 Å². The minimum absolute atomic E-state index is 0.0805. The van der Waals surface area contributed by atoms with Gasteiger partial charge in [-0.25, -0.2) is 0 Å². The number of allylic oxidation sites excluding steroid dienone is 4. The summed E-state index contributed by atoms with van der Waals surface area (Å²) >= 11 is 0. The Kier molecular flexibility index (Phi) is 5.51. The maximum absolute atomic E-state index is 12.9. The monoisotopic (exact) mass is 479 g/mol. The highest BCUT2D eigenvalue weighted by atomic mass is 16.8. The lowest BCUT2D eigenvalue weighted by Crippen LogP contribution is -2.62. The molecule has 5 rings (SSSR count). The lowest BCUT2D eigenvalue weighted by molar-refractivity contribution is -0.101. The minimum atomic E-state index is -0.353. The Morgan fingerprint density at radius 3 is 2.37 bits per heavy atom. The van der Waals surface area contributed by atoms with Crippen molar-refractivity contribution in [1.29, 1.82) is 0 Å². The van der Waals surface area contributed by atoms with E-state index in [4.69, 9.17) is 13.9 Å². The van der Waals surface area contributed by atoms with E-state index >= 15 is 0 Å². The summed E-state index contributed by atoms with van der Waals surface area (Å²) < 4.78 is 17.8. The van der Waals surface area contributed by atoms with Crippen molar-refractivity contribution in [3.05, 3.63) is 80.2 Å². The number of hydrogen-bond acceptors (Lipinski definition) is 7. The van der Waals surface area contributed by atoms with Gasteiger partial charge in [0.1, 0.15) is 11.9 Å². The zero-order valence-corrected chi connectivity index (χ0v) is 21.1. The number of ether oxygens (including phenoxy) is 2. The fourth-order valence-corrected chi connectivity index (χ4v) is 7.58. The molecule has 2 fully saturated rings. The summed E-state index contributed by atoms with van der Waals surface area (Å²) in [6.07, 6.45) is 4.98. The summed E-state index contributed by atoms with van der Waals surface area (Å²) in [6.45, 7) is 10.7. The maximum atomic E-state index is 12.9. The second-order valence-corrected chi connectivity index (χ2v) is 10.7.